The van der Waals surface area contributed by atoms with Gasteiger partial charge in [0.15, 0.2) is 17.5 Å². The zero-order chi connectivity index (χ0) is 27.6. The lowest BCUT2D eigenvalue weighted by Gasteiger charge is -2.38. The Bertz CT molecular complexity index is 1640. The smallest absolute Gasteiger partial charge is 0.326 e. The SMILES string of the molecule is O=C(O)C1CC(c2ccccc2)CCN1c1nc(-c2cc(-c3ccon3)n(Cc3ccccc3F)n2)ncc1F. The Morgan fingerprint density at radius 1 is 1.02 bits per heavy atom. The first-order valence-corrected chi connectivity index (χ1v) is 12.8. The zero-order valence-electron chi connectivity index (χ0n) is 21.2. The van der Waals surface area contributed by atoms with Crippen LogP contribution in [0.25, 0.3) is 22.9 Å². The van der Waals surface area contributed by atoms with Crippen LogP contribution in [0.15, 0.2) is 83.7 Å². The predicted octanol–water partition coefficient (Wildman–Crippen LogP) is 5.16. The maximum Gasteiger partial charge on any atom is 0.326 e. The molecule has 0 radical (unpaired) electrons. The molecule has 0 aliphatic carbocycles. The first-order chi connectivity index (χ1) is 19.5. The van der Waals surface area contributed by atoms with E-state index < -0.39 is 17.8 Å². The van der Waals surface area contributed by atoms with Gasteiger partial charge in [0, 0.05) is 18.2 Å². The Kier molecular flexibility index (Phi) is 6.77. The second kappa shape index (κ2) is 10.7. The highest BCUT2D eigenvalue weighted by Gasteiger charge is 2.36. The van der Waals surface area contributed by atoms with Gasteiger partial charge in [0.2, 0.25) is 0 Å². The maximum atomic E-state index is 15.1. The van der Waals surface area contributed by atoms with Crippen LogP contribution in [0.5, 0.6) is 0 Å². The van der Waals surface area contributed by atoms with Gasteiger partial charge in [-0.05, 0) is 36.5 Å². The molecule has 2 atom stereocenters. The number of aromatic nitrogens is 5. The summed E-state index contributed by atoms with van der Waals surface area (Å²) < 4.78 is 36.1. The Morgan fingerprint density at radius 3 is 2.58 bits per heavy atom. The molecule has 5 aromatic rings. The fourth-order valence-electron chi connectivity index (χ4n) is 5.15. The molecule has 1 aliphatic rings. The van der Waals surface area contributed by atoms with Crippen LogP contribution in [-0.4, -0.2) is 48.6 Å². The van der Waals surface area contributed by atoms with Crippen LogP contribution in [0.2, 0.25) is 0 Å². The van der Waals surface area contributed by atoms with Crippen molar-refractivity contribution in [1.29, 1.82) is 0 Å². The first kappa shape index (κ1) is 25.4. The van der Waals surface area contributed by atoms with E-state index >= 15 is 4.39 Å². The van der Waals surface area contributed by atoms with E-state index in [2.05, 4.69) is 20.2 Å². The number of anilines is 1. The Labute approximate surface area is 227 Å². The molecule has 1 fully saturated rings. The van der Waals surface area contributed by atoms with Gasteiger partial charge in [-0.1, -0.05) is 53.7 Å². The van der Waals surface area contributed by atoms with Crippen molar-refractivity contribution in [2.75, 3.05) is 11.4 Å². The molecule has 11 heteroatoms. The molecule has 1 saturated heterocycles. The van der Waals surface area contributed by atoms with Crippen LogP contribution in [0.3, 0.4) is 0 Å². The van der Waals surface area contributed by atoms with Gasteiger partial charge in [0.05, 0.1) is 18.4 Å². The van der Waals surface area contributed by atoms with Crippen molar-refractivity contribution < 1.29 is 23.2 Å². The molecule has 0 saturated carbocycles. The van der Waals surface area contributed by atoms with Gasteiger partial charge in [-0.2, -0.15) is 5.10 Å². The van der Waals surface area contributed by atoms with Crippen LogP contribution in [0, 0.1) is 11.6 Å². The van der Waals surface area contributed by atoms with Crippen molar-refractivity contribution in [1.82, 2.24) is 24.9 Å². The van der Waals surface area contributed by atoms with E-state index in [0.29, 0.717) is 42.0 Å². The molecule has 1 aliphatic heterocycles. The third-order valence-corrected chi connectivity index (χ3v) is 7.14. The number of hydrogen-bond acceptors (Lipinski definition) is 7. The summed E-state index contributed by atoms with van der Waals surface area (Å²) in [5.41, 5.74) is 2.74. The minimum atomic E-state index is -1.05. The lowest BCUT2D eigenvalue weighted by atomic mass is 9.85. The van der Waals surface area contributed by atoms with Crippen LogP contribution >= 0.6 is 0 Å². The second-order valence-corrected chi connectivity index (χ2v) is 9.59. The second-order valence-electron chi connectivity index (χ2n) is 9.59. The van der Waals surface area contributed by atoms with E-state index in [-0.39, 0.29) is 29.9 Å². The van der Waals surface area contributed by atoms with Gasteiger partial charge in [-0.15, -0.1) is 0 Å². The van der Waals surface area contributed by atoms with Crippen molar-refractivity contribution in [3.8, 4) is 22.9 Å². The summed E-state index contributed by atoms with van der Waals surface area (Å²) in [6.07, 6.45) is 3.38. The molecule has 0 bridgehead atoms. The lowest BCUT2D eigenvalue weighted by Crippen LogP contribution is -2.47. The van der Waals surface area contributed by atoms with E-state index in [1.807, 2.05) is 30.3 Å². The number of carboxylic acid groups (broad SMARTS) is 1. The number of aliphatic carboxylic acids is 1. The molecule has 3 aromatic heterocycles. The monoisotopic (exact) mass is 542 g/mol. The molecule has 1 N–H and O–H groups in total. The van der Waals surface area contributed by atoms with Crippen LogP contribution in [0.4, 0.5) is 14.6 Å². The van der Waals surface area contributed by atoms with E-state index in [4.69, 9.17) is 4.52 Å². The first-order valence-electron chi connectivity index (χ1n) is 12.8. The van der Waals surface area contributed by atoms with Gasteiger partial charge < -0.3 is 14.5 Å². The summed E-state index contributed by atoms with van der Waals surface area (Å²) >= 11 is 0. The molecule has 4 heterocycles. The fourth-order valence-corrected chi connectivity index (χ4v) is 5.15. The number of nitrogens with zero attached hydrogens (tertiary/aromatic N) is 6. The van der Waals surface area contributed by atoms with E-state index in [1.54, 1.807) is 35.0 Å². The summed E-state index contributed by atoms with van der Waals surface area (Å²) in [5, 5.41) is 18.6. The number of benzene rings is 2. The minimum Gasteiger partial charge on any atom is -0.480 e. The number of piperidine rings is 1. The third kappa shape index (κ3) is 4.93. The molecular formula is C29H24F2N6O3. The van der Waals surface area contributed by atoms with Crippen molar-refractivity contribution in [2.24, 2.45) is 0 Å². The maximum absolute atomic E-state index is 15.1. The Hall–Kier alpha value is -4.93. The van der Waals surface area contributed by atoms with Gasteiger partial charge in [-0.3, -0.25) is 4.68 Å². The van der Waals surface area contributed by atoms with Crippen molar-refractivity contribution in [3.05, 3.63) is 102 Å². The molecule has 0 spiro atoms. The average molecular weight is 543 g/mol. The van der Waals surface area contributed by atoms with Gasteiger partial charge in [0.25, 0.3) is 0 Å². The van der Waals surface area contributed by atoms with Crippen molar-refractivity contribution in [3.63, 3.8) is 0 Å². The molecule has 40 heavy (non-hydrogen) atoms. The van der Waals surface area contributed by atoms with Gasteiger partial charge in [-0.25, -0.2) is 23.5 Å². The summed E-state index contributed by atoms with van der Waals surface area (Å²) in [7, 11) is 0. The molecule has 2 aromatic carbocycles. The van der Waals surface area contributed by atoms with E-state index in [1.165, 1.54) is 17.2 Å². The Balaban J connectivity index is 1.35. The minimum absolute atomic E-state index is 0.0296. The van der Waals surface area contributed by atoms with Crippen molar-refractivity contribution >= 4 is 11.8 Å². The molecule has 2 unspecified atom stereocenters. The number of halogens is 2. The number of carboxylic acids is 1. The van der Waals surface area contributed by atoms with Crippen LogP contribution in [0.1, 0.15) is 29.9 Å². The zero-order valence-corrected chi connectivity index (χ0v) is 21.2. The highest BCUT2D eigenvalue weighted by atomic mass is 19.1. The largest absolute Gasteiger partial charge is 0.480 e. The fraction of sp³-hybridized carbons (Fsp3) is 0.207. The van der Waals surface area contributed by atoms with Gasteiger partial charge in [0.1, 0.15) is 29.5 Å². The summed E-state index contributed by atoms with van der Waals surface area (Å²) in [6, 6.07) is 18.4. The molecular weight excluding hydrogens is 518 g/mol. The average Bonchev–Trinajstić information content (AvgIpc) is 3.65. The quantitative estimate of drug-likeness (QED) is 0.300. The summed E-state index contributed by atoms with van der Waals surface area (Å²) in [6.45, 7) is 0.396. The topological polar surface area (TPSA) is 110 Å². The number of rotatable bonds is 7. The molecule has 0 amide bonds. The third-order valence-electron chi connectivity index (χ3n) is 7.14. The van der Waals surface area contributed by atoms with E-state index in [0.717, 1.165) is 11.8 Å². The highest BCUT2D eigenvalue weighted by Crippen LogP contribution is 2.35. The summed E-state index contributed by atoms with van der Waals surface area (Å²) in [4.78, 5) is 22.4. The lowest BCUT2D eigenvalue weighted by molar-refractivity contribution is -0.139. The normalized spacial score (nSPS) is 17.2. The van der Waals surface area contributed by atoms with Crippen molar-refractivity contribution in [2.45, 2.75) is 31.3 Å². The molecule has 6 rings (SSSR count). The predicted molar refractivity (Wildman–Crippen MR) is 141 cm³/mol. The number of carbonyl (C=O) groups is 1. The van der Waals surface area contributed by atoms with E-state index in [9.17, 15) is 14.3 Å². The standard InChI is InChI=1S/C29H24F2N6O3/c30-21-9-5-4-8-20(21)17-37-25(23-11-13-40-35-23)15-24(34-37)27-32-16-22(31)28(33-27)36-12-10-19(14-26(36)29(38)39)18-6-2-1-3-7-18/h1-9,11,13,15-16,19,26H,10,12,14,17H2,(H,38,39). The Morgan fingerprint density at radius 2 is 1.82 bits per heavy atom. The molecule has 9 nitrogen and oxygen atoms in total. The summed E-state index contributed by atoms with van der Waals surface area (Å²) in [5.74, 6) is -2.14. The van der Waals surface area contributed by atoms with Crippen LogP contribution in [-0.2, 0) is 11.3 Å². The number of hydrogen-bond donors (Lipinski definition) is 1. The highest BCUT2D eigenvalue weighted by molar-refractivity contribution is 5.78. The van der Waals surface area contributed by atoms with Gasteiger partial charge >= 0.3 is 5.97 Å². The molecule has 202 valence electrons. The van der Waals surface area contributed by atoms with Crippen LogP contribution < -0.4 is 4.90 Å².